The molecule has 0 radical (unpaired) electrons. The minimum atomic E-state index is 0.138. The maximum Gasteiger partial charge on any atom is 0.254 e. The first-order valence-corrected chi connectivity index (χ1v) is 7.71. The minimum Gasteiger partial charge on any atom is -0.339 e. The quantitative estimate of drug-likeness (QED) is 0.663. The first kappa shape index (κ1) is 15.0. The molecule has 4 heteroatoms. The van der Waals surface area contributed by atoms with Crippen LogP contribution in [0.5, 0.6) is 0 Å². The van der Waals surface area contributed by atoms with E-state index in [0.29, 0.717) is 0 Å². The van der Waals surface area contributed by atoms with Gasteiger partial charge in [0.1, 0.15) is 0 Å². The standard InChI is InChI=1S/C13H17BrINO/c1-3-7-16(8-4-2)13(17)11-9-10(14)5-6-12(11)15/h5-6,9H,3-4,7-8H2,1-2H3. The van der Waals surface area contributed by atoms with E-state index in [1.165, 1.54) is 0 Å². The molecule has 0 saturated carbocycles. The molecule has 1 rings (SSSR count). The van der Waals surface area contributed by atoms with Gasteiger partial charge in [0.2, 0.25) is 0 Å². The molecule has 0 N–H and O–H groups in total. The maximum absolute atomic E-state index is 12.4. The average molecular weight is 410 g/mol. The van der Waals surface area contributed by atoms with E-state index in [0.717, 1.165) is 39.5 Å². The number of rotatable bonds is 5. The predicted octanol–water partition coefficient (Wildman–Crippen LogP) is 4.32. The Labute approximate surface area is 125 Å². The number of halogens is 2. The summed E-state index contributed by atoms with van der Waals surface area (Å²) in [6.07, 6.45) is 1.99. The van der Waals surface area contributed by atoms with Crippen LogP contribution in [0.2, 0.25) is 0 Å². The van der Waals surface area contributed by atoms with Crippen LogP contribution in [0.3, 0.4) is 0 Å². The van der Waals surface area contributed by atoms with Crippen molar-refractivity contribution >= 4 is 44.4 Å². The van der Waals surface area contributed by atoms with Crippen molar-refractivity contribution in [2.24, 2.45) is 0 Å². The van der Waals surface area contributed by atoms with Crippen molar-refractivity contribution in [2.45, 2.75) is 26.7 Å². The lowest BCUT2D eigenvalue weighted by Crippen LogP contribution is -2.33. The normalized spacial score (nSPS) is 10.4. The van der Waals surface area contributed by atoms with Crippen molar-refractivity contribution in [1.29, 1.82) is 0 Å². The first-order valence-electron chi connectivity index (χ1n) is 5.84. The van der Waals surface area contributed by atoms with Crippen molar-refractivity contribution in [2.75, 3.05) is 13.1 Å². The molecule has 1 aromatic carbocycles. The predicted molar refractivity (Wildman–Crippen MR) is 83.3 cm³/mol. The molecule has 94 valence electrons. The van der Waals surface area contributed by atoms with Crippen molar-refractivity contribution < 1.29 is 4.79 Å². The third-order valence-electron chi connectivity index (χ3n) is 2.43. The van der Waals surface area contributed by atoms with E-state index < -0.39 is 0 Å². The second-order valence-electron chi connectivity index (χ2n) is 3.92. The van der Waals surface area contributed by atoms with Gasteiger partial charge in [0, 0.05) is 21.1 Å². The maximum atomic E-state index is 12.4. The third kappa shape index (κ3) is 4.25. The van der Waals surface area contributed by atoms with Gasteiger partial charge in [-0.15, -0.1) is 0 Å². The molecule has 0 aliphatic heterocycles. The number of amides is 1. The zero-order valence-electron chi connectivity index (χ0n) is 10.2. The number of carbonyl (C=O) groups excluding carboxylic acids is 1. The number of hydrogen-bond donors (Lipinski definition) is 0. The number of nitrogens with zero attached hydrogens (tertiary/aromatic N) is 1. The lowest BCUT2D eigenvalue weighted by atomic mass is 10.2. The molecule has 0 aliphatic carbocycles. The number of carbonyl (C=O) groups is 1. The van der Waals surface area contributed by atoms with E-state index in [4.69, 9.17) is 0 Å². The van der Waals surface area contributed by atoms with Crippen LogP contribution in [0.1, 0.15) is 37.0 Å². The van der Waals surface area contributed by atoms with E-state index in [-0.39, 0.29) is 5.91 Å². The van der Waals surface area contributed by atoms with Crippen LogP contribution in [0.25, 0.3) is 0 Å². The zero-order chi connectivity index (χ0) is 12.8. The molecule has 0 heterocycles. The average Bonchev–Trinajstić information content (AvgIpc) is 2.31. The Hall–Kier alpha value is -0.100. The van der Waals surface area contributed by atoms with Crippen LogP contribution in [0.15, 0.2) is 22.7 Å². The Morgan fingerprint density at radius 1 is 1.29 bits per heavy atom. The van der Waals surface area contributed by atoms with Crippen LogP contribution < -0.4 is 0 Å². The van der Waals surface area contributed by atoms with Crippen LogP contribution in [0.4, 0.5) is 0 Å². The molecular weight excluding hydrogens is 393 g/mol. The topological polar surface area (TPSA) is 20.3 Å². The summed E-state index contributed by atoms with van der Waals surface area (Å²) in [6.45, 7) is 5.86. The smallest absolute Gasteiger partial charge is 0.254 e. The molecule has 0 saturated heterocycles. The molecule has 0 bridgehead atoms. The van der Waals surface area contributed by atoms with Gasteiger partial charge in [-0.25, -0.2) is 0 Å². The molecule has 0 unspecified atom stereocenters. The third-order valence-corrected chi connectivity index (χ3v) is 3.87. The summed E-state index contributed by atoms with van der Waals surface area (Å²) in [5.41, 5.74) is 0.793. The van der Waals surface area contributed by atoms with Gasteiger partial charge in [0.15, 0.2) is 0 Å². The second-order valence-corrected chi connectivity index (χ2v) is 5.99. The van der Waals surface area contributed by atoms with Gasteiger partial charge in [-0.1, -0.05) is 29.8 Å². The summed E-state index contributed by atoms with van der Waals surface area (Å²) in [5.74, 6) is 0.138. The highest BCUT2D eigenvalue weighted by atomic mass is 127. The summed E-state index contributed by atoms with van der Waals surface area (Å²) in [7, 11) is 0. The van der Waals surface area contributed by atoms with Crippen LogP contribution in [-0.4, -0.2) is 23.9 Å². The van der Waals surface area contributed by atoms with Gasteiger partial charge in [-0.3, -0.25) is 4.79 Å². The highest BCUT2D eigenvalue weighted by molar-refractivity contribution is 14.1. The first-order chi connectivity index (χ1) is 8.10. The van der Waals surface area contributed by atoms with Gasteiger partial charge < -0.3 is 4.90 Å². The molecular formula is C13H17BrINO. The monoisotopic (exact) mass is 409 g/mol. The van der Waals surface area contributed by atoms with E-state index in [9.17, 15) is 4.79 Å². The molecule has 1 amide bonds. The van der Waals surface area contributed by atoms with E-state index in [1.54, 1.807) is 0 Å². The Morgan fingerprint density at radius 3 is 2.41 bits per heavy atom. The fraction of sp³-hybridized carbons (Fsp3) is 0.462. The van der Waals surface area contributed by atoms with Gasteiger partial charge >= 0.3 is 0 Å². The molecule has 0 fully saturated rings. The summed E-state index contributed by atoms with van der Waals surface area (Å²) in [6, 6.07) is 5.83. The molecule has 0 atom stereocenters. The lowest BCUT2D eigenvalue weighted by Gasteiger charge is -2.22. The van der Waals surface area contributed by atoms with Crippen molar-refractivity contribution in [3.63, 3.8) is 0 Å². The van der Waals surface area contributed by atoms with E-state index in [1.807, 2.05) is 23.1 Å². The van der Waals surface area contributed by atoms with E-state index in [2.05, 4.69) is 52.4 Å². The Kier molecular flexibility index (Phi) is 6.48. The lowest BCUT2D eigenvalue weighted by molar-refractivity contribution is 0.0754. The SMILES string of the molecule is CCCN(CCC)C(=O)c1cc(Br)ccc1I. The van der Waals surface area contributed by atoms with Crippen molar-refractivity contribution in [3.8, 4) is 0 Å². The highest BCUT2D eigenvalue weighted by Gasteiger charge is 2.16. The van der Waals surface area contributed by atoms with Gasteiger partial charge in [-0.2, -0.15) is 0 Å². The summed E-state index contributed by atoms with van der Waals surface area (Å²) >= 11 is 5.63. The molecule has 0 aliphatic rings. The molecule has 2 nitrogen and oxygen atoms in total. The Bertz CT molecular complexity index is 389. The Balaban J connectivity index is 2.95. The summed E-state index contributed by atoms with van der Waals surface area (Å²) < 4.78 is 1.96. The highest BCUT2D eigenvalue weighted by Crippen LogP contribution is 2.20. The number of benzene rings is 1. The Morgan fingerprint density at radius 2 is 1.88 bits per heavy atom. The second kappa shape index (κ2) is 7.36. The van der Waals surface area contributed by atoms with Crippen molar-refractivity contribution in [1.82, 2.24) is 4.90 Å². The summed E-state index contributed by atoms with van der Waals surface area (Å²) in [4.78, 5) is 14.3. The van der Waals surface area contributed by atoms with Gasteiger partial charge in [0.25, 0.3) is 5.91 Å². The number of hydrogen-bond acceptors (Lipinski definition) is 1. The van der Waals surface area contributed by atoms with Gasteiger partial charge in [0.05, 0.1) is 5.56 Å². The molecule has 1 aromatic rings. The fourth-order valence-corrected chi connectivity index (χ4v) is 2.61. The largest absolute Gasteiger partial charge is 0.339 e. The molecule has 0 aromatic heterocycles. The van der Waals surface area contributed by atoms with E-state index >= 15 is 0 Å². The van der Waals surface area contributed by atoms with Crippen LogP contribution in [0, 0.1) is 3.57 Å². The zero-order valence-corrected chi connectivity index (χ0v) is 13.9. The molecule has 0 spiro atoms. The molecule has 17 heavy (non-hydrogen) atoms. The van der Waals surface area contributed by atoms with Crippen LogP contribution in [-0.2, 0) is 0 Å². The minimum absolute atomic E-state index is 0.138. The van der Waals surface area contributed by atoms with Crippen LogP contribution >= 0.6 is 38.5 Å². The van der Waals surface area contributed by atoms with Gasteiger partial charge in [-0.05, 0) is 53.6 Å². The summed E-state index contributed by atoms with van der Waals surface area (Å²) in [5, 5.41) is 0. The van der Waals surface area contributed by atoms with Crippen molar-refractivity contribution in [3.05, 3.63) is 31.8 Å². The fourth-order valence-electron chi connectivity index (χ4n) is 1.69.